The first kappa shape index (κ1) is 13.6. The second-order valence-corrected chi connectivity index (χ2v) is 6.36. The van der Waals surface area contributed by atoms with Crippen LogP contribution in [0.1, 0.15) is 5.56 Å². The molecule has 0 spiro atoms. The quantitative estimate of drug-likeness (QED) is 0.460. The van der Waals surface area contributed by atoms with E-state index in [1.165, 1.54) is 18.9 Å². The molecule has 1 aromatic carbocycles. The predicted octanol–water partition coefficient (Wildman–Crippen LogP) is 2.49. The molecule has 0 aliphatic carbocycles. The molecule has 2 rings (SSSR count). The van der Waals surface area contributed by atoms with Crippen LogP contribution in [0.2, 0.25) is 0 Å². The Morgan fingerprint density at radius 3 is 2.83 bits per heavy atom. The van der Waals surface area contributed by atoms with Crippen molar-refractivity contribution in [2.75, 3.05) is 7.11 Å². The number of phenols is 1. The van der Waals surface area contributed by atoms with Gasteiger partial charge in [0.25, 0.3) is 5.91 Å². The molecule has 0 bridgehead atoms. The highest BCUT2D eigenvalue weighted by atomic mass is 127. The van der Waals surface area contributed by atoms with Gasteiger partial charge in [0.15, 0.2) is 11.5 Å². The van der Waals surface area contributed by atoms with E-state index < -0.39 is 0 Å². The zero-order chi connectivity index (χ0) is 13.3. The number of benzene rings is 1. The minimum atomic E-state index is -0.248. The number of ether oxygens (including phenoxy) is 1. The summed E-state index contributed by atoms with van der Waals surface area (Å²) in [6.07, 6.45) is 1.60. The molecule has 0 unspecified atom stereocenters. The van der Waals surface area contributed by atoms with E-state index in [9.17, 15) is 9.90 Å². The fourth-order valence-corrected chi connectivity index (χ4v) is 3.08. The van der Waals surface area contributed by atoms with Crippen LogP contribution in [0.3, 0.4) is 0 Å². The molecule has 0 radical (unpaired) electrons. The number of nitrogens with one attached hydrogen (secondary N) is 1. The maximum atomic E-state index is 11.5. The third kappa shape index (κ3) is 2.78. The number of methoxy groups -OCH3 is 1. The van der Waals surface area contributed by atoms with Crippen LogP contribution in [-0.2, 0) is 4.79 Å². The molecule has 94 valence electrons. The molecule has 18 heavy (non-hydrogen) atoms. The van der Waals surface area contributed by atoms with Crippen LogP contribution >= 0.6 is 46.6 Å². The van der Waals surface area contributed by atoms with Crippen LogP contribution in [-0.4, -0.2) is 22.4 Å². The first-order chi connectivity index (χ1) is 8.51. The molecule has 1 aliphatic heterocycles. The summed E-state index contributed by atoms with van der Waals surface area (Å²) in [6.45, 7) is 0. The van der Waals surface area contributed by atoms with Gasteiger partial charge in [-0.15, -0.1) is 0 Å². The Morgan fingerprint density at radius 1 is 1.56 bits per heavy atom. The lowest BCUT2D eigenvalue weighted by Gasteiger charge is -2.07. The van der Waals surface area contributed by atoms with Crippen molar-refractivity contribution in [3.05, 3.63) is 26.2 Å². The maximum absolute atomic E-state index is 11.5. The van der Waals surface area contributed by atoms with Gasteiger partial charge in [-0.05, 0) is 40.8 Å². The average Bonchev–Trinajstić information content (AvgIpc) is 2.62. The Labute approximate surface area is 127 Å². The molecule has 0 saturated carbocycles. The topological polar surface area (TPSA) is 58.6 Å². The highest BCUT2D eigenvalue weighted by Crippen LogP contribution is 2.35. The van der Waals surface area contributed by atoms with Gasteiger partial charge in [0, 0.05) is 9.13 Å². The van der Waals surface area contributed by atoms with Gasteiger partial charge in [0.2, 0.25) is 0 Å². The monoisotopic (exact) mass is 393 g/mol. The fourth-order valence-electron chi connectivity index (χ4n) is 1.42. The summed E-state index contributed by atoms with van der Waals surface area (Å²) < 4.78 is 6.38. The molecule has 0 aromatic heterocycles. The van der Waals surface area contributed by atoms with Crippen LogP contribution in [0.5, 0.6) is 11.5 Å². The second-order valence-electron chi connectivity index (χ2n) is 3.40. The van der Waals surface area contributed by atoms with Crippen LogP contribution in [0, 0.1) is 3.57 Å². The summed E-state index contributed by atoms with van der Waals surface area (Å²) in [7, 11) is 1.48. The lowest BCUT2D eigenvalue weighted by atomic mass is 10.1. The van der Waals surface area contributed by atoms with Crippen LogP contribution in [0.15, 0.2) is 17.0 Å². The first-order valence-corrected chi connectivity index (χ1v) is 7.13. The van der Waals surface area contributed by atoms with Crippen LogP contribution < -0.4 is 10.1 Å². The third-order valence-electron chi connectivity index (χ3n) is 2.22. The van der Waals surface area contributed by atoms with Gasteiger partial charge in [-0.25, -0.2) is 0 Å². The van der Waals surface area contributed by atoms with Crippen molar-refractivity contribution in [2.45, 2.75) is 0 Å². The smallest absolute Gasteiger partial charge is 0.263 e. The number of carbonyl (C=O) groups excluding carboxylic acids is 1. The van der Waals surface area contributed by atoms with E-state index >= 15 is 0 Å². The Bertz CT molecular complexity index is 572. The predicted molar refractivity (Wildman–Crippen MR) is 83.7 cm³/mol. The summed E-state index contributed by atoms with van der Waals surface area (Å²) in [5.41, 5.74) is 0.529. The lowest BCUT2D eigenvalue weighted by Crippen LogP contribution is -2.17. The average molecular weight is 393 g/mol. The molecular weight excluding hydrogens is 385 g/mol. The Kier molecular flexibility index (Phi) is 4.13. The minimum Gasteiger partial charge on any atom is -0.504 e. The van der Waals surface area contributed by atoms with Crippen molar-refractivity contribution in [3.63, 3.8) is 0 Å². The van der Waals surface area contributed by atoms with Gasteiger partial charge in [0.05, 0.1) is 12.0 Å². The molecule has 0 atom stereocenters. The highest BCUT2D eigenvalue weighted by molar-refractivity contribution is 14.1. The Balaban J connectivity index is 2.46. The van der Waals surface area contributed by atoms with Gasteiger partial charge in [-0.2, -0.15) is 0 Å². The molecule has 1 saturated heterocycles. The Hall–Kier alpha value is -0.800. The number of carbonyl (C=O) groups is 1. The normalized spacial score (nSPS) is 17.1. The number of amides is 1. The van der Waals surface area contributed by atoms with Crippen molar-refractivity contribution in [2.24, 2.45) is 0 Å². The number of halogens is 1. The van der Waals surface area contributed by atoms with E-state index in [1.54, 1.807) is 18.2 Å². The number of rotatable bonds is 2. The van der Waals surface area contributed by atoms with Crippen molar-refractivity contribution in [1.29, 1.82) is 0 Å². The molecule has 1 fully saturated rings. The first-order valence-electron chi connectivity index (χ1n) is 4.82. The van der Waals surface area contributed by atoms with Gasteiger partial charge >= 0.3 is 0 Å². The number of hydrogen-bond donors (Lipinski definition) is 2. The molecular formula is C11H8INO3S2. The SMILES string of the molecule is COc1cc(I)cc(/C=C2/SC(=S)NC2=O)c1O. The standard InChI is InChI=1S/C11H8INO3S2/c1-16-7-4-6(12)2-5(9(7)14)3-8-10(15)13-11(17)18-8/h2-4,14H,1H3,(H,13,15,17)/b8-3+. The zero-order valence-corrected chi connectivity index (χ0v) is 13.0. The van der Waals surface area contributed by atoms with E-state index in [0.29, 0.717) is 20.5 Å². The van der Waals surface area contributed by atoms with Crippen molar-refractivity contribution in [3.8, 4) is 11.5 Å². The van der Waals surface area contributed by atoms with Gasteiger partial charge < -0.3 is 15.2 Å². The number of thiocarbonyl (C=S) groups is 1. The number of aromatic hydroxyl groups is 1. The fraction of sp³-hybridized carbons (Fsp3) is 0.0909. The van der Waals surface area contributed by atoms with E-state index in [4.69, 9.17) is 17.0 Å². The molecule has 1 aromatic rings. The summed E-state index contributed by atoms with van der Waals surface area (Å²) in [5.74, 6) is 0.138. The van der Waals surface area contributed by atoms with E-state index in [0.717, 1.165) is 3.57 Å². The summed E-state index contributed by atoms with van der Waals surface area (Å²) >= 11 is 8.19. The van der Waals surface area contributed by atoms with E-state index in [2.05, 4.69) is 27.9 Å². The molecule has 1 amide bonds. The van der Waals surface area contributed by atoms with Gasteiger partial charge in [0.1, 0.15) is 4.32 Å². The van der Waals surface area contributed by atoms with E-state index in [-0.39, 0.29) is 11.7 Å². The summed E-state index contributed by atoms with van der Waals surface area (Å²) in [4.78, 5) is 12.0. The molecule has 7 heteroatoms. The number of hydrogen-bond acceptors (Lipinski definition) is 5. The van der Waals surface area contributed by atoms with Crippen molar-refractivity contribution < 1.29 is 14.6 Å². The Morgan fingerprint density at radius 2 is 2.28 bits per heavy atom. The highest BCUT2D eigenvalue weighted by Gasteiger charge is 2.22. The number of phenolic OH excluding ortho intramolecular Hbond substituents is 1. The molecule has 2 N–H and O–H groups in total. The number of thioether (sulfide) groups is 1. The lowest BCUT2D eigenvalue weighted by molar-refractivity contribution is -0.115. The van der Waals surface area contributed by atoms with Crippen molar-refractivity contribution >= 4 is 62.9 Å². The molecule has 1 aliphatic rings. The second kappa shape index (κ2) is 5.45. The largest absolute Gasteiger partial charge is 0.504 e. The summed E-state index contributed by atoms with van der Waals surface area (Å²) in [5, 5.41) is 12.5. The van der Waals surface area contributed by atoms with Crippen LogP contribution in [0.25, 0.3) is 6.08 Å². The van der Waals surface area contributed by atoms with Gasteiger partial charge in [-0.3, -0.25) is 4.79 Å². The molecule has 1 heterocycles. The van der Waals surface area contributed by atoms with Crippen molar-refractivity contribution in [1.82, 2.24) is 5.32 Å². The minimum absolute atomic E-state index is 0.0108. The van der Waals surface area contributed by atoms with Gasteiger partial charge in [-0.1, -0.05) is 24.0 Å². The maximum Gasteiger partial charge on any atom is 0.263 e. The third-order valence-corrected chi connectivity index (χ3v) is 4.00. The zero-order valence-electron chi connectivity index (χ0n) is 9.19. The van der Waals surface area contributed by atoms with E-state index in [1.807, 2.05) is 0 Å². The summed E-state index contributed by atoms with van der Waals surface area (Å²) in [6, 6.07) is 3.48. The van der Waals surface area contributed by atoms with Crippen LogP contribution in [0.4, 0.5) is 0 Å². The molecule has 4 nitrogen and oxygen atoms in total.